The zero-order valence-corrected chi connectivity index (χ0v) is 6.86. The Morgan fingerprint density at radius 1 is 1.22 bits per heavy atom. The normalized spacial score (nSPS) is 39.0. The summed E-state index contributed by atoms with van der Waals surface area (Å²) in [5.74, 6) is 0. The summed E-state index contributed by atoms with van der Waals surface area (Å²) in [6, 6.07) is 1.16. The Morgan fingerprint density at radius 2 is 1.67 bits per heavy atom. The van der Waals surface area contributed by atoms with Gasteiger partial charge in [-0.2, -0.15) is 0 Å². The standard InChI is InChI=1S/C7H14ClN/c1-6-4-3-5-7(2)9(6)8/h6-7H,3-5H2,1-2H3. The highest BCUT2D eigenvalue weighted by molar-refractivity contribution is 6.13. The van der Waals surface area contributed by atoms with Gasteiger partial charge in [0, 0.05) is 12.1 Å². The Kier molecular flexibility index (Phi) is 2.36. The summed E-state index contributed by atoms with van der Waals surface area (Å²) in [6.07, 6.45) is 3.85. The van der Waals surface area contributed by atoms with Crippen LogP contribution in [-0.2, 0) is 0 Å². The maximum atomic E-state index is 5.95. The third-order valence-electron chi connectivity index (χ3n) is 2.09. The Morgan fingerprint density at radius 3 is 2.00 bits per heavy atom. The van der Waals surface area contributed by atoms with Crippen molar-refractivity contribution in [1.29, 1.82) is 0 Å². The number of hydrogen-bond acceptors (Lipinski definition) is 1. The lowest BCUT2D eigenvalue weighted by Crippen LogP contribution is -2.36. The van der Waals surface area contributed by atoms with Crippen LogP contribution in [0, 0.1) is 0 Å². The van der Waals surface area contributed by atoms with E-state index in [1.807, 2.05) is 4.42 Å². The van der Waals surface area contributed by atoms with E-state index in [0.29, 0.717) is 12.1 Å². The molecular formula is C7H14ClN. The van der Waals surface area contributed by atoms with Gasteiger partial charge in [-0.1, -0.05) is 6.42 Å². The summed E-state index contributed by atoms with van der Waals surface area (Å²) < 4.78 is 1.95. The molecule has 1 aliphatic rings. The molecule has 1 heterocycles. The number of nitrogens with zero attached hydrogens (tertiary/aromatic N) is 1. The summed E-state index contributed by atoms with van der Waals surface area (Å²) in [6.45, 7) is 4.37. The predicted molar refractivity (Wildman–Crippen MR) is 40.5 cm³/mol. The molecule has 0 radical (unpaired) electrons. The molecule has 0 spiro atoms. The van der Waals surface area contributed by atoms with Gasteiger partial charge < -0.3 is 0 Å². The number of halogens is 1. The van der Waals surface area contributed by atoms with Crippen LogP contribution in [-0.4, -0.2) is 16.5 Å². The fourth-order valence-corrected chi connectivity index (χ4v) is 1.58. The molecule has 54 valence electrons. The van der Waals surface area contributed by atoms with Crippen LogP contribution in [0.15, 0.2) is 0 Å². The lowest BCUT2D eigenvalue weighted by molar-refractivity contribution is 0.213. The molecule has 0 aromatic rings. The van der Waals surface area contributed by atoms with Crippen molar-refractivity contribution in [2.45, 2.75) is 45.2 Å². The van der Waals surface area contributed by atoms with E-state index in [4.69, 9.17) is 11.8 Å². The highest BCUT2D eigenvalue weighted by atomic mass is 35.5. The molecule has 0 amide bonds. The summed E-state index contributed by atoms with van der Waals surface area (Å²) in [7, 11) is 0. The van der Waals surface area contributed by atoms with E-state index in [0.717, 1.165) is 0 Å². The molecule has 0 bridgehead atoms. The minimum absolute atomic E-state index is 0.579. The zero-order valence-electron chi connectivity index (χ0n) is 6.10. The molecule has 0 aromatic carbocycles. The fourth-order valence-electron chi connectivity index (χ4n) is 1.39. The Hall–Kier alpha value is 0.250. The molecule has 2 heteroatoms. The fraction of sp³-hybridized carbons (Fsp3) is 1.00. The molecule has 1 aliphatic heterocycles. The van der Waals surface area contributed by atoms with Crippen LogP contribution in [0.2, 0.25) is 0 Å². The van der Waals surface area contributed by atoms with Crippen LogP contribution < -0.4 is 0 Å². The minimum atomic E-state index is 0.579. The lowest BCUT2D eigenvalue weighted by atomic mass is 10.0. The smallest absolute Gasteiger partial charge is 0.0226 e. The molecule has 1 fully saturated rings. The quantitative estimate of drug-likeness (QED) is 0.476. The molecule has 1 saturated heterocycles. The van der Waals surface area contributed by atoms with E-state index in [1.54, 1.807) is 0 Å². The van der Waals surface area contributed by atoms with Gasteiger partial charge in [0.25, 0.3) is 0 Å². The van der Waals surface area contributed by atoms with Gasteiger partial charge in [-0.05, 0) is 38.5 Å². The van der Waals surface area contributed by atoms with Gasteiger partial charge in [0.15, 0.2) is 0 Å². The highest BCUT2D eigenvalue weighted by Crippen LogP contribution is 2.23. The van der Waals surface area contributed by atoms with Gasteiger partial charge in [0.2, 0.25) is 0 Å². The second-order valence-electron chi connectivity index (χ2n) is 2.97. The van der Waals surface area contributed by atoms with E-state index in [-0.39, 0.29) is 0 Å². The first-order chi connectivity index (χ1) is 4.22. The molecule has 1 nitrogen and oxygen atoms in total. The number of rotatable bonds is 0. The molecule has 0 saturated carbocycles. The van der Waals surface area contributed by atoms with Crippen LogP contribution in [0.3, 0.4) is 0 Å². The Balaban J connectivity index is 2.41. The average molecular weight is 148 g/mol. The van der Waals surface area contributed by atoms with E-state index >= 15 is 0 Å². The minimum Gasteiger partial charge on any atom is -0.215 e. The monoisotopic (exact) mass is 147 g/mol. The van der Waals surface area contributed by atoms with Gasteiger partial charge in [0.1, 0.15) is 0 Å². The first-order valence-electron chi connectivity index (χ1n) is 3.66. The van der Waals surface area contributed by atoms with Crippen molar-refractivity contribution < 1.29 is 0 Å². The molecule has 9 heavy (non-hydrogen) atoms. The van der Waals surface area contributed by atoms with E-state index in [1.165, 1.54) is 19.3 Å². The molecule has 2 unspecified atom stereocenters. The van der Waals surface area contributed by atoms with Crippen LogP contribution in [0.5, 0.6) is 0 Å². The first kappa shape index (κ1) is 7.36. The van der Waals surface area contributed by atoms with Crippen molar-refractivity contribution in [3.05, 3.63) is 0 Å². The lowest BCUT2D eigenvalue weighted by Gasteiger charge is -2.32. The number of hydrogen-bond donors (Lipinski definition) is 0. The summed E-state index contributed by atoms with van der Waals surface area (Å²) >= 11 is 5.95. The number of piperidine rings is 1. The van der Waals surface area contributed by atoms with Crippen LogP contribution in [0.4, 0.5) is 0 Å². The maximum Gasteiger partial charge on any atom is 0.0226 e. The van der Waals surface area contributed by atoms with Gasteiger partial charge in [0.05, 0.1) is 0 Å². The second kappa shape index (κ2) is 2.89. The van der Waals surface area contributed by atoms with Crippen LogP contribution >= 0.6 is 11.8 Å². The largest absolute Gasteiger partial charge is 0.215 e. The Bertz CT molecular complexity index is 84.9. The molecule has 2 atom stereocenters. The molecular weight excluding hydrogens is 134 g/mol. The summed E-state index contributed by atoms with van der Waals surface area (Å²) in [4.78, 5) is 0. The van der Waals surface area contributed by atoms with Gasteiger partial charge >= 0.3 is 0 Å². The predicted octanol–water partition coefficient (Wildman–Crippen LogP) is 2.40. The van der Waals surface area contributed by atoms with Crippen LogP contribution in [0.1, 0.15) is 33.1 Å². The van der Waals surface area contributed by atoms with E-state index < -0.39 is 0 Å². The van der Waals surface area contributed by atoms with Crippen molar-refractivity contribution in [2.75, 3.05) is 0 Å². The molecule has 0 aliphatic carbocycles. The van der Waals surface area contributed by atoms with Gasteiger partial charge in [-0.15, -0.1) is 0 Å². The second-order valence-corrected chi connectivity index (χ2v) is 3.36. The topological polar surface area (TPSA) is 3.24 Å². The highest BCUT2D eigenvalue weighted by Gasteiger charge is 2.22. The van der Waals surface area contributed by atoms with Crippen molar-refractivity contribution in [1.82, 2.24) is 4.42 Å². The molecule has 0 aromatic heterocycles. The van der Waals surface area contributed by atoms with Gasteiger partial charge in [-0.25, -0.2) is 4.42 Å². The summed E-state index contributed by atoms with van der Waals surface area (Å²) in [5, 5.41) is 0. The van der Waals surface area contributed by atoms with E-state index in [2.05, 4.69) is 13.8 Å². The third-order valence-corrected chi connectivity index (χ3v) is 2.75. The zero-order chi connectivity index (χ0) is 6.85. The van der Waals surface area contributed by atoms with Crippen molar-refractivity contribution in [3.63, 3.8) is 0 Å². The molecule has 0 N–H and O–H groups in total. The first-order valence-corrected chi connectivity index (χ1v) is 3.99. The van der Waals surface area contributed by atoms with E-state index in [9.17, 15) is 0 Å². The van der Waals surface area contributed by atoms with Crippen LogP contribution in [0.25, 0.3) is 0 Å². The van der Waals surface area contributed by atoms with Crippen molar-refractivity contribution >= 4 is 11.8 Å². The van der Waals surface area contributed by atoms with Gasteiger partial charge in [-0.3, -0.25) is 0 Å². The Labute approximate surface area is 62.1 Å². The van der Waals surface area contributed by atoms with Crippen molar-refractivity contribution in [3.8, 4) is 0 Å². The SMILES string of the molecule is CC1CCCC(C)N1Cl. The summed E-state index contributed by atoms with van der Waals surface area (Å²) in [5.41, 5.74) is 0. The third kappa shape index (κ3) is 1.59. The maximum absolute atomic E-state index is 5.95. The van der Waals surface area contributed by atoms with Crippen molar-refractivity contribution in [2.24, 2.45) is 0 Å². The average Bonchev–Trinajstić information content (AvgIpc) is 1.83. The molecule has 1 rings (SSSR count).